The molecule has 6 heteroatoms. The van der Waals surface area contributed by atoms with Crippen LogP contribution in [0.5, 0.6) is 0 Å². The van der Waals surface area contributed by atoms with Crippen molar-refractivity contribution in [3.63, 3.8) is 0 Å². The highest BCUT2D eigenvalue weighted by atomic mass is 32.2. The standard InChI is InChI=1S/C14H18N2O2S2/c1-15-8-12-2-4-13(5-3-12)11-20(17,18)16-9-14-6-7-19-10-14/h2-7,10,15-16H,8-9,11H2,1H3. The summed E-state index contributed by atoms with van der Waals surface area (Å²) >= 11 is 1.56. The smallest absolute Gasteiger partial charge is 0.216 e. The van der Waals surface area contributed by atoms with Gasteiger partial charge >= 0.3 is 0 Å². The van der Waals surface area contributed by atoms with Crippen LogP contribution in [0.3, 0.4) is 0 Å². The summed E-state index contributed by atoms with van der Waals surface area (Å²) in [5.41, 5.74) is 2.92. The van der Waals surface area contributed by atoms with Gasteiger partial charge in [-0.25, -0.2) is 13.1 Å². The van der Waals surface area contributed by atoms with Crippen molar-refractivity contribution in [2.45, 2.75) is 18.8 Å². The summed E-state index contributed by atoms with van der Waals surface area (Å²) in [6.07, 6.45) is 0. The molecule has 0 aliphatic carbocycles. The Bertz CT molecular complexity index is 620. The second-order valence-corrected chi connectivity index (χ2v) is 7.15. The summed E-state index contributed by atoms with van der Waals surface area (Å²) in [5.74, 6) is 0.0109. The topological polar surface area (TPSA) is 58.2 Å². The van der Waals surface area contributed by atoms with E-state index in [9.17, 15) is 8.42 Å². The molecule has 0 unspecified atom stereocenters. The second kappa shape index (κ2) is 6.99. The number of benzene rings is 1. The van der Waals surface area contributed by atoms with Crippen LogP contribution in [0.1, 0.15) is 16.7 Å². The van der Waals surface area contributed by atoms with Crippen LogP contribution in [-0.4, -0.2) is 15.5 Å². The zero-order valence-corrected chi connectivity index (χ0v) is 12.9. The quantitative estimate of drug-likeness (QED) is 0.823. The van der Waals surface area contributed by atoms with E-state index in [1.807, 2.05) is 48.1 Å². The first kappa shape index (κ1) is 15.2. The molecule has 0 aliphatic rings. The van der Waals surface area contributed by atoms with E-state index in [-0.39, 0.29) is 5.75 Å². The van der Waals surface area contributed by atoms with E-state index in [1.54, 1.807) is 11.3 Å². The molecule has 4 nitrogen and oxygen atoms in total. The Morgan fingerprint density at radius 1 is 1.00 bits per heavy atom. The first-order valence-electron chi connectivity index (χ1n) is 6.30. The Morgan fingerprint density at radius 2 is 1.70 bits per heavy atom. The normalized spacial score (nSPS) is 11.7. The summed E-state index contributed by atoms with van der Waals surface area (Å²) in [4.78, 5) is 0. The van der Waals surface area contributed by atoms with Gasteiger partial charge in [0.15, 0.2) is 0 Å². The van der Waals surface area contributed by atoms with Crippen LogP contribution in [0.2, 0.25) is 0 Å². The molecule has 0 spiro atoms. The maximum atomic E-state index is 12.0. The predicted molar refractivity (Wildman–Crippen MR) is 83.0 cm³/mol. The average molecular weight is 310 g/mol. The van der Waals surface area contributed by atoms with E-state index in [4.69, 9.17) is 0 Å². The minimum atomic E-state index is -3.30. The lowest BCUT2D eigenvalue weighted by molar-refractivity contribution is 0.580. The Hall–Kier alpha value is -1.21. The average Bonchev–Trinajstić information content (AvgIpc) is 2.92. The Kier molecular flexibility index (Phi) is 5.31. The molecule has 0 aliphatic heterocycles. The molecule has 0 fully saturated rings. The molecule has 108 valence electrons. The van der Waals surface area contributed by atoms with Gasteiger partial charge in [-0.05, 0) is 40.6 Å². The van der Waals surface area contributed by atoms with Gasteiger partial charge in [-0.1, -0.05) is 24.3 Å². The van der Waals surface area contributed by atoms with Crippen LogP contribution in [0.25, 0.3) is 0 Å². The molecule has 2 N–H and O–H groups in total. The first-order chi connectivity index (χ1) is 9.59. The predicted octanol–water partition coefficient (Wildman–Crippen LogP) is 2.09. The van der Waals surface area contributed by atoms with Gasteiger partial charge in [0.25, 0.3) is 0 Å². The Morgan fingerprint density at radius 3 is 2.30 bits per heavy atom. The maximum absolute atomic E-state index is 12.0. The van der Waals surface area contributed by atoms with Crippen molar-refractivity contribution < 1.29 is 8.42 Å². The molecule has 0 radical (unpaired) electrons. The molecule has 0 saturated carbocycles. The van der Waals surface area contributed by atoms with Crippen LogP contribution in [0.15, 0.2) is 41.1 Å². The summed E-state index contributed by atoms with van der Waals surface area (Å²) < 4.78 is 26.6. The van der Waals surface area contributed by atoms with Gasteiger partial charge in [-0.3, -0.25) is 0 Å². The minimum Gasteiger partial charge on any atom is -0.316 e. The molecule has 0 bridgehead atoms. The van der Waals surface area contributed by atoms with Crippen LogP contribution < -0.4 is 10.0 Å². The van der Waals surface area contributed by atoms with Gasteiger partial charge in [-0.15, -0.1) is 0 Å². The number of hydrogen-bond donors (Lipinski definition) is 2. The van der Waals surface area contributed by atoms with Crippen molar-refractivity contribution in [2.75, 3.05) is 7.05 Å². The van der Waals surface area contributed by atoms with E-state index < -0.39 is 10.0 Å². The number of nitrogens with one attached hydrogen (secondary N) is 2. The van der Waals surface area contributed by atoms with Crippen molar-refractivity contribution >= 4 is 21.4 Å². The van der Waals surface area contributed by atoms with Gasteiger partial charge in [0.2, 0.25) is 10.0 Å². The summed E-state index contributed by atoms with van der Waals surface area (Å²) in [5, 5.41) is 6.93. The fourth-order valence-electron chi connectivity index (χ4n) is 1.81. The molecule has 0 amide bonds. The third kappa shape index (κ3) is 4.72. The molecule has 20 heavy (non-hydrogen) atoms. The van der Waals surface area contributed by atoms with Crippen molar-refractivity contribution in [1.82, 2.24) is 10.0 Å². The van der Waals surface area contributed by atoms with E-state index in [0.717, 1.165) is 23.2 Å². The largest absolute Gasteiger partial charge is 0.316 e. The molecule has 1 aromatic carbocycles. The number of thiophene rings is 1. The van der Waals surface area contributed by atoms with Crippen molar-refractivity contribution in [3.05, 3.63) is 57.8 Å². The van der Waals surface area contributed by atoms with Gasteiger partial charge < -0.3 is 5.32 Å². The van der Waals surface area contributed by atoms with Crippen LogP contribution in [0.4, 0.5) is 0 Å². The van der Waals surface area contributed by atoms with Crippen molar-refractivity contribution in [3.8, 4) is 0 Å². The third-order valence-electron chi connectivity index (χ3n) is 2.84. The van der Waals surface area contributed by atoms with E-state index in [0.29, 0.717) is 6.54 Å². The molecule has 1 aromatic heterocycles. The lowest BCUT2D eigenvalue weighted by Gasteiger charge is -2.07. The molecule has 2 aromatic rings. The monoisotopic (exact) mass is 310 g/mol. The van der Waals surface area contributed by atoms with Gasteiger partial charge in [-0.2, -0.15) is 11.3 Å². The Balaban J connectivity index is 1.93. The molecule has 0 atom stereocenters. The lowest BCUT2D eigenvalue weighted by Crippen LogP contribution is -2.24. The van der Waals surface area contributed by atoms with E-state index in [1.165, 1.54) is 0 Å². The van der Waals surface area contributed by atoms with E-state index in [2.05, 4.69) is 10.0 Å². The molecule has 2 rings (SSSR count). The van der Waals surface area contributed by atoms with E-state index >= 15 is 0 Å². The second-order valence-electron chi connectivity index (χ2n) is 4.56. The lowest BCUT2D eigenvalue weighted by atomic mass is 10.1. The highest BCUT2D eigenvalue weighted by Gasteiger charge is 2.11. The first-order valence-corrected chi connectivity index (χ1v) is 8.89. The van der Waals surface area contributed by atoms with Crippen molar-refractivity contribution in [1.29, 1.82) is 0 Å². The Labute approximate surface area is 123 Å². The highest BCUT2D eigenvalue weighted by molar-refractivity contribution is 7.88. The van der Waals surface area contributed by atoms with Crippen LogP contribution in [-0.2, 0) is 28.9 Å². The summed E-state index contributed by atoms with van der Waals surface area (Å²) in [6.45, 7) is 1.13. The highest BCUT2D eigenvalue weighted by Crippen LogP contribution is 2.10. The fraction of sp³-hybridized carbons (Fsp3) is 0.286. The molecular formula is C14H18N2O2S2. The van der Waals surface area contributed by atoms with Crippen molar-refractivity contribution in [2.24, 2.45) is 0 Å². The summed E-state index contributed by atoms with van der Waals surface area (Å²) in [7, 11) is -1.42. The van der Waals surface area contributed by atoms with Gasteiger partial charge in [0, 0.05) is 13.1 Å². The number of sulfonamides is 1. The van der Waals surface area contributed by atoms with Crippen LogP contribution in [0, 0.1) is 0 Å². The fourth-order valence-corrected chi connectivity index (χ4v) is 3.60. The summed E-state index contributed by atoms with van der Waals surface area (Å²) in [6, 6.07) is 9.52. The number of rotatable bonds is 7. The SMILES string of the molecule is CNCc1ccc(CS(=O)(=O)NCc2ccsc2)cc1. The molecular weight excluding hydrogens is 292 g/mol. The van der Waals surface area contributed by atoms with Crippen LogP contribution >= 0.6 is 11.3 Å². The minimum absolute atomic E-state index is 0.0109. The zero-order chi connectivity index (χ0) is 14.4. The van der Waals surface area contributed by atoms with Gasteiger partial charge in [0.05, 0.1) is 5.75 Å². The molecule has 0 saturated heterocycles. The maximum Gasteiger partial charge on any atom is 0.216 e. The zero-order valence-electron chi connectivity index (χ0n) is 11.3. The van der Waals surface area contributed by atoms with Gasteiger partial charge in [0.1, 0.15) is 0 Å². The third-order valence-corrected chi connectivity index (χ3v) is 4.87. The molecule has 1 heterocycles. The number of hydrogen-bond acceptors (Lipinski definition) is 4.